The molecule has 0 aliphatic rings. The number of unbranched alkanes of at least 4 members (excludes halogenated alkanes) is 2. The Hall–Kier alpha value is -3.25. The van der Waals surface area contributed by atoms with E-state index in [0.717, 1.165) is 24.8 Å². The molecule has 3 unspecified atom stereocenters. The first kappa shape index (κ1) is 40.8. The summed E-state index contributed by atoms with van der Waals surface area (Å²) in [4.78, 5) is 54.7. The number of hydrogen-bond acceptors (Lipinski definition) is 7. The summed E-state index contributed by atoms with van der Waals surface area (Å²) in [7, 11) is 3.82. The van der Waals surface area contributed by atoms with Gasteiger partial charge in [0.25, 0.3) is 0 Å². The van der Waals surface area contributed by atoms with Crippen LogP contribution in [0.15, 0.2) is 24.3 Å². The van der Waals surface area contributed by atoms with Gasteiger partial charge in [0.1, 0.15) is 17.8 Å². The minimum absolute atomic E-state index is 0.176. The van der Waals surface area contributed by atoms with E-state index in [-0.39, 0.29) is 24.2 Å². The van der Waals surface area contributed by atoms with Crippen molar-refractivity contribution in [3.63, 3.8) is 0 Å². The van der Waals surface area contributed by atoms with Crippen molar-refractivity contribution in [1.82, 2.24) is 26.2 Å². The molecule has 0 heterocycles. The molecule has 12 heteroatoms. The lowest BCUT2D eigenvalue weighted by Crippen LogP contribution is -2.59. The number of benzene rings is 1. The maximum Gasteiger partial charge on any atom is 0.412 e. The molecule has 4 amide bonds. The fourth-order valence-corrected chi connectivity index (χ4v) is 5.14. The van der Waals surface area contributed by atoms with Crippen LogP contribution in [0.4, 0.5) is 4.79 Å². The fourth-order valence-electron chi connectivity index (χ4n) is 5.07. The zero-order valence-corrected chi connectivity index (χ0v) is 30.2. The molecule has 0 aliphatic heterocycles. The van der Waals surface area contributed by atoms with Crippen molar-refractivity contribution in [3.05, 3.63) is 29.8 Å². The van der Waals surface area contributed by atoms with Crippen LogP contribution < -0.4 is 31.7 Å². The van der Waals surface area contributed by atoms with Crippen molar-refractivity contribution in [3.8, 4) is 5.75 Å². The van der Waals surface area contributed by atoms with Crippen LogP contribution in [-0.2, 0) is 20.8 Å². The summed E-state index contributed by atoms with van der Waals surface area (Å²) in [6, 6.07) is 5.03. The van der Waals surface area contributed by atoms with E-state index in [1.807, 2.05) is 60.5 Å². The maximum atomic E-state index is 13.8. The molecule has 0 radical (unpaired) electrons. The zero-order chi connectivity index (χ0) is 35.1. The Balaban J connectivity index is 3.12. The number of nitrogens with two attached hydrogens (primary N) is 1. The fraction of sp³-hybridized carbons (Fsp3) is 0.676. The average molecular weight is 663 g/mol. The van der Waals surface area contributed by atoms with E-state index in [2.05, 4.69) is 28.2 Å². The third-order valence-corrected chi connectivity index (χ3v) is 8.42. The van der Waals surface area contributed by atoms with Gasteiger partial charge in [-0.1, -0.05) is 78.2 Å². The number of likely N-dealkylation sites (N-methyl/N-ethyl adjacent to an activating group) is 1. The van der Waals surface area contributed by atoms with E-state index in [1.165, 1.54) is 0 Å². The van der Waals surface area contributed by atoms with Gasteiger partial charge in [-0.25, -0.2) is 4.79 Å². The van der Waals surface area contributed by atoms with Crippen LogP contribution in [-0.4, -0.2) is 78.5 Å². The number of amides is 4. The molecule has 3 atom stereocenters. The third-order valence-electron chi connectivity index (χ3n) is 7.87. The lowest BCUT2D eigenvalue weighted by molar-refractivity contribution is -0.133. The molecule has 0 bridgehead atoms. The van der Waals surface area contributed by atoms with Crippen LogP contribution in [0.5, 0.6) is 5.75 Å². The molecule has 0 aliphatic carbocycles. The Morgan fingerprint density at radius 2 is 1.61 bits per heavy atom. The molecule has 1 aromatic carbocycles. The topological polar surface area (TPSA) is 155 Å². The van der Waals surface area contributed by atoms with E-state index in [0.29, 0.717) is 43.1 Å². The first-order chi connectivity index (χ1) is 21.4. The smallest absolute Gasteiger partial charge is 0.410 e. The molecule has 260 valence electrons. The highest BCUT2D eigenvalue weighted by Gasteiger charge is 2.36. The Bertz CT molecular complexity index is 1160. The van der Waals surface area contributed by atoms with Gasteiger partial charge < -0.3 is 36.6 Å². The molecule has 1 rings (SSSR count). The van der Waals surface area contributed by atoms with Gasteiger partial charge in [0.2, 0.25) is 17.7 Å². The van der Waals surface area contributed by atoms with Gasteiger partial charge in [-0.3, -0.25) is 14.4 Å². The second kappa shape index (κ2) is 19.4. The summed E-state index contributed by atoms with van der Waals surface area (Å²) in [6.07, 6.45) is 3.68. The molecule has 11 nitrogen and oxygen atoms in total. The van der Waals surface area contributed by atoms with Gasteiger partial charge in [-0.05, 0) is 64.4 Å². The number of carbonyl (C=O) groups is 4. The zero-order valence-electron chi connectivity index (χ0n) is 29.4. The summed E-state index contributed by atoms with van der Waals surface area (Å²) in [5, 5.41) is 11.6. The number of thiocarbonyl (C=S) groups is 1. The van der Waals surface area contributed by atoms with Crippen LogP contribution in [0.1, 0.15) is 92.6 Å². The second-order valence-electron chi connectivity index (χ2n) is 13.7. The quantitative estimate of drug-likeness (QED) is 0.103. The Morgan fingerprint density at radius 3 is 2.15 bits per heavy atom. The Morgan fingerprint density at radius 1 is 0.978 bits per heavy atom. The van der Waals surface area contributed by atoms with E-state index in [4.69, 9.17) is 22.7 Å². The first-order valence-electron chi connectivity index (χ1n) is 16.3. The van der Waals surface area contributed by atoms with Crippen LogP contribution >= 0.6 is 12.2 Å². The summed E-state index contributed by atoms with van der Waals surface area (Å²) < 4.78 is 5.35. The Labute approximate surface area is 281 Å². The van der Waals surface area contributed by atoms with Crippen molar-refractivity contribution in [2.24, 2.45) is 17.1 Å². The standard InChI is InChI=1S/C34H58N6O5S/c1-10-12-13-14-27(41)37-26(21-24-15-17-25(18-16-24)45-32(44)36-19-20-40(8)9)29(42)38-28(23(3)11-2)30(43)39-34(6,7)22-33(4,5)31(35)46/h15-18,23,26,28H,10-14,19-22H2,1-9H3,(H2,35,46)(H,36,44)(H,37,41)(H,38,42)(H,39,43). The van der Waals surface area contributed by atoms with Crippen molar-refractivity contribution in [1.29, 1.82) is 0 Å². The SMILES string of the molecule is CCCCCC(=O)NC(Cc1ccc(OC(=O)NCCN(C)C)cc1)C(=O)NC(C(=O)NC(C)(C)CC(C)(C)C(N)=S)C(C)CC. The largest absolute Gasteiger partial charge is 0.412 e. The van der Waals surface area contributed by atoms with Crippen LogP contribution in [0, 0.1) is 11.3 Å². The Kier molecular flexibility index (Phi) is 17.2. The van der Waals surface area contributed by atoms with Gasteiger partial charge in [0, 0.05) is 36.9 Å². The summed E-state index contributed by atoms with van der Waals surface area (Å²) >= 11 is 5.23. The van der Waals surface area contributed by atoms with Crippen molar-refractivity contribution >= 4 is 41.0 Å². The van der Waals surface area contributed by atoms with E-state index >= 15 is 0 Å². The molecule has 1 aromatic rings. The number of nitrogens with zero attached hydrogens (tertiary/aromatic N) is 1. The van der Waals surface area contributed by atoms with Gasteiger partial charge in [-0.15, -0.1) is 0 Å². The number of carbonyl (C=O) groups excluding carboxylic acids is 4. The number of ether oxygens (including phenoxy) is 1. The lowest BCUT2D eigenvalue weighted by atomic mass is 9.79. The van der Waals surface area contributed by atoms with E-state index in [1.54, 1.807) is 24.3 Å². The van der Waals surface area contributed by atoms with Crippen LogP contribution in [0.3, 0.4) is 0 Å². The first-order valence-corrected chi connectivity index (χ1v) is 16.7. The normalized spacial score (nSPS) is 13.7. The highest BCUT2D eigenvalue weighted by Crippen LogP contribution is 2.28. The molecule has 0 aromatic heterocycles. The summed E-state index contributed by atoms with van der Waals surface area (Å²) in [5.74, 6) is -0.820. The third kappa shape index (κ3) is 15.4. The molecule has 0 spiro atoms. The van der Waals surface area contributed by atoms with Gasteiger partial charge in [0.05, 0.1) is 4.99 Å². The minimum Gasteiger partial charge on any atom is -0.410 e. The summed E-state index contributed by atoms with van der Waals surface area (Å²) in [5.41, 5.74) is 5.55. The molecule has 6 N–H and O–H groups in total. The molecule has 0 saturated heterocycles. The number of hydrogen-bond donors (Lipinski definition) is 5. The monoisotopic (exact) mass is 662 g/mol. The average Bonchev–Trinajstić information content (AvgIpc) is 2.94. The lowest BCUT2D eigenvalue weighted by Gasteiger charge is -2.37. The maximum absolute atomic E-state index is 13.8. The molecular weight excluding hydrogens is 604 g/mol. The van der Waals surface area contributed by atoms with Crippen molar-refractivity contribution in [2.45, 2.75) is 111 Å². The van der Waals surface area contributed by atoms with E-state index in [9.17, 15) is 19.2 Å². The van der Waals surface area contributed by atoms with Crippen LogP contribution in [0.2, 0.25) is 0 Å². The van der Waals surface area contributed by atoms with Crippen molar-refractivity contribution < 1.29 is 23.9 Å². The number of rotatable bonds is 20. The van der Waals surface area contributed by atoms with Gasteiger partial charge in [0.15, 0.2) is 0 Å². The molecule has 0 fully saturated rings. The second-order valence-corrected chi connectivity index (χ2v) is 14.2. The highest BCUT2D eigenvalue weighted by molar-refractivity contribution is 7.80. The van der Waals surface area contributed by atoms with E-state index < -0.39 is 35.0 Å². The molecular formula is C34H58N6O5S. The minimum atomic E-state index is -0.920. The predicted octanol–water partition coefficient (Wildman–Crippen LogP) is 4.07. The van der Waals surface area contributed by atoms with Crippen LogP contribution in [0.25, 0.3) is 0 Å². The number of nitrogens with one attached hydrogen (secondary N) is 4. The molecule has 0 saturated carbocycles. The predicted molar refractivity (Wildman–Crippen MR) is 188 cm³/mol. The highest BCUT2D eigenvalue weighted by atomic mass is 32.1. The van der Waals surface area contributed by atoms with Gasteiger partial charge >= 0.3 is 6.09 Å². The van der Waals surface area contributed by atoms with Gasteiger partial charge in [-0.2, -0.15) is 0 Å². The molecule has 46 heavy (non-hydrogen) atoms. The van der Waals surface area contributed by atoms with Crippen molar-refractivity contribution in [2.75, 3.05) is 27.2 Å². The summed E-state index contributed by atoms with van der Waals surface area (Å²) in [6.45, 7) is 14.7.